The van der Waals surface area contributed by atoms with Gasteiger partial charge in [0.05, 0.1) is 22.9 Å². The van der Waals surface area contributed by atoms with Crippen LogP contribution in [-0.2, 0) is 14.1 Å². The molecule has 1 unspecified atom stereocenters. The normalized spacial score (nSPS) is 12.9. The lowest BCUT2D eigenvalue weighted by Gasteiger charge is -2.14. The van der Waals surface area contributed by atoms with E-state index in [1.807, 2.05) is 35.7 Å². The predicted molar refractivity (Wildman–Crippen MR) is 84.1 cm³/mol. The molecule has 0 radical (unpaired) electrons. The second-order valence-corrected chi connectivity index (χ2v) is 5.33. The first-order valence-electron chi connectivity index (χ1n) is 7.35. The van der Waals surface area contributed by atoms with Crippen molar-refractivity contribution in [3.8, 4) is 0 Å². The van der Waals surface area contributed by atoms with E-state index in [9.17, 15) is 0 Å². The Bertz CT molecular complexity index is 740. The van der Waals surface area contributed by atoms with Gasteiger partial charge in [0, 0.05) is 25.7 Å². The maximum absolute atomic E-state index is 4.73. The van der Waals surface area contributed by atoms with E-state index in [0.717, 1.165) is 29.9 Å². The highest BCUT2D eigenvalue weighted by Crippen LogP contribution is 2.27. The number of aryl methyl sites for hydroxylation is 2. The third-order valence-electron chi connectivity index (χ3n) is 3.69. The standard InChI is InChI=1S/C16H21N5/c1-4-10-17-16(13-9-11-20(2)18-13)15-12-7-5-6-8-14(12)21(3)19-15/h5-9,11,16-17H,4,10H2,1-3H3. The molecule has 0 spiro atoms. The summed E-state index contributed by atoms with van der Waals surface area (Å²) in [5, 5.41) is 14.0. The molecule has 1 aromatic carbocycles. The lowest BCUT2D eigenvalue weighted by molar-refractivity contribution is 0.559. The van der Waals surface area contributed by atoms with E-state index < -0.39 is 0 Å². The summed E-state index contributed by atoms with van der Waals surface area (Å²) in [6.45, 7) is 3.10. The predicted octanol–water partition coefficient (Wildman–Crippen LogP) is 2.40. The fourth-order valence-electron chi connectivity index (χ4n) is 2.67. The number of aromatic nitrogens is 4. The minimum absolute atomic E-state index is 0.0252. The summed E-state index contributed by atoms with van der Waals surface area (Å²) >= 11 is 0. The van der Waals surface area contributed by atoms with Gasteiger partial charge in [-0.15, -0.1) is 0 Å². The fraction of sp³-hybridized carbons (Fsp3) is 0.375. The summed E-state index contributed by atoms with van der Waals surface area (Å²) < 4.78 is 3.77. The van der Waals surface area contributed by atoms with Crippen molar-refractivity contribution in [3.63, 3.8) is 0 Å². The number of benzene rings is 1. The summed E-state index contributed by atoms with van der Waals surface area (Å²) in [6.07, 6.45) is 3.05. The molecule has 2 aromatic heterocycles. The fourth-order valence-corrected chi connectivity index (χ4v) is 2.67. The largest absolute Gasteiger partial charge is 0.304 e. The van der Waals surface area contributed by atoms with Gasteiger partial charge in [-0.2, -0.15) is 10.2 Å². The van der Waals surface area contributed by atoms with Crippen molar-refractivity contribution in [3.05, 3.63) is 47.9 Å². The van der Waals surface area contributed by atoms with Gasteiger partial charge in [-0.3, -0.25) is 9.36 Å². The molecule has 0 aliphatic rings. The van der Waals surface area contributed by atoms with Crippen LogP contribution < -0.4 is 5.32 Å². The maximum Gasteiger partial charge on any atom is 0.0968 e. The zero-order valence-electron chi connectivity index (χ0n) is 12.7. The molecule has 0 aliphatic heterocycles. The molecule has 0 saturated carbocycles. The molecular weight excluding hydrogens is 262 g/mol. The number of hydrogen-bond acceptors (Lipinski definition) is 3. The third kappa shape index (κ3) is 2.56. The van der Waals surface area contributed by atoms with Gasteiger partial charge in [0.1, 0.15) is 0 Å². The van der Waals surface area contributed by atoms with Crippen molar-refractivity contribution in [2.45, 2.75) is 19.4 Å². The molecule has 0 fully saturated rings. The molecule has 5 nitrogen and oxygen atoms in total. The highest BCUT2D eigenvalue weighted by atomic mass is 15.3. The average molecular weight is 283 g/mol. The van der Waals surface area contributed by atoms with Crippen molar-refractivity contribution in [2.24, 2.45) is 14.1 Å². The van der Waals surface area contributed by atoms with Crippen LogP contribution in [0.4, 0.5) is 0 Å². The van der Waals surface area contributed by atoms with Crippen molar-refractivity contribution < 1.29 is 0 Å². The van der Waals surface area contributed by atoms with E-state index in [1.54, 1.807) is 0 Å². The molecule has 1 atom stereocenters. The van der Waals surface area contributed by atoms with Crippen LogP contribution in [-0.4, -0.2) is 26.1 Å². The molecule has 2 heterocycles. The summed E-state index contributed by atoms with van der Waals surface area (Å²) in [4.78, 5) is 0. The van der Waals surface area contributed by atoms with Crippen LogP contribution in [0.25, 0.3) is 10.9 Å². The third-order valence-corrected chi connectivity index (χ3v) is 3.69. The maximum atomic E-state index is 4.73. The molecule has 0 bridgehead atoms. The molecule has 5 heteroatoms. The summed E-state index contributed by atoms with van der Waals surface area (Å²) in [5.74, 6) is 0. The second-order valence-electron chi connectivity index (χ2n) is 5.33. The first kappa shape index (κ1) is 13.8. The number of nitrogens with one attached hydrogen (secondary N) is 1. The van der Waals surface area contributed by atoms with Crippen LogP contribution >= 0.6 is 0 Å². The molecule has 3 aromatic rings. The average Bonchev–Trinajstić information content (AvgIpc) is 3.05. The molecule has 3 rings (SSSR count). The van der Waals surface area contributed by atoms with Crippen LogP contribution in [0.5, 0.6) is 0 Å². The van der Waals surface area contributed by atoms with Crippen LogP contribution in [0.1, 0.15) is 30.8 Å². The lowest BCUT2D eigenvalue weighted by Crippen LogP contribution is -2.24. The minimum atomic E-state index is 0.0252. The first-order chi connectivity index (χ1) is 10.2. The Hall–Kier alpha value is -2.14. The number of rotatable bonds is 5. The zero-order valence-corrected chi connectivity index (χ0v) is 12.7. The van der Waals surface area contributed by atoms with Gasteiger partial charge >= 0.3 is 0 Å². The van der Waals surface area contributed by atoms with E-state index in [4.69, 9.17) is 5.10 Å². The van der Waals surface area contributed by atoms with Crippen molar-refractivity contribution >= 4 is 10.9 Å². The molecule has 21 heavy (non-hydrogen) atoms. The Morgan fingerprint density at radius 2 is 1.95 bits per heavy atom. The topological polar surface area (TPSA) is 47.7 Å². The van der Waals surface area contributed by atoms with Crippen LogP contribution in [0, 0.1) is 0 Å². The molecule has 0 aliphatic carbocycles. The van der Waals surface area contributed by atoms with Crippen LogP contribution in [0.15, 0.2) is 36.5 Å². The lowest BCUT2D eigenvalue weighted by atomic mass is 10.1. The Balaban J connectivity index is 2.10. The minimum Gasteiger partial charge on any atom is -0.304 e. The van der Waals surface area contributed by atoms with Crippen molar-refractivity contribution in [1.29, 1.82) is 0 Å². The van der Waals surface area contributed by atoms with Gasteiger partial charge < -0.3 is 5.32 Å². The van der Waals surface area contributed by atoms with E-state index in [0.29, 0.717) is 0 Å². The SMILES string of the molecule is CCCNC(c1ccn(C)n1)c1nn(C)c2ccccc12. The highest BCUT2D eigenvalue weighted by Gasteiger charge is 2.22. The summed E-state index contributed by atoms with van der Waals surface area (Å²) in [5.41, 5.74) is 3.20. The van der Waals surface area contributed by atoms with Crippen LogP contribution in [0.2, 0.25) is 0 Å². The Morgan fingerprint density at radius 1 is 1.14 bits per heavy atom. The summed E-state index contributed by atoms with van der Waals surface area (Å²) in [7, 11) is 3.93. The van der Waals surface area contributed by atoms with Crippen LogP contribution in [0.3, 0.4) is 0 Å². The van der Waals surface area contributed by atoms with E-state index in [-0.39, 0.29) is 6.04 Å². The Kier molecular flexibility index (Phi) is 3.75. The van der Waals surface area contributed by atoms with Gasteiger partial charge in [-0.1, -0.05) is 25.1 Å². The van der Waals surface area contributed by atoms with Gasteiger partial charge in [0.2, 0.25) is 0 Å². The number of nitrogens with zero attached hydrogens (tertiary/aromatic N) is 4. The monoisotopic (exact) mass is 283 g/mol. The number of fused-ring (bicyclic) bond motifs is 1. The van der Waals surface area contributed by atoms with Gasteiger partial charge in [0.25, 0.3) is 0 Å². The molecule has 110 valence electrons. The zero-order chi connectivity index (χ0) is 14.8. The number of hydrogen-bond donors (Lipinski definition) is 1. The number of para-hydroxylation sites is 1. The molecular formula is C16H21N5. The van der Waals surface area contributed by atoms with E-state index in [1.165, 1.54) is 5.39 Å². The first-order valence-corrected chi connectivity index (χ1v) is 7.35. The van der Waals surface area contributed by atoms with Crippen molar-refractivity contribution in [1.82, 2.24) is 24.9 Å². The second kappa shape index (κ2) is 5.69. The van der Waals surface area contributed by atoms with E-state index >= 15 is 0 Å². The quantitative estimate of drug-likeness (QED) is 0.782. The van der Waals surface area contributed by atoms with E-state index in [2.05, 4.69) is 41.6 Å². The Morgan fingerprint density at radius 3 is 2.67 bits per heavy atom. The van der Waals surface area contributed by atoms with Gasteiger partial charge in [-0.05, 0) is 25.1 Å². The molecule has 1 N–H and O–H groups in total. The molecule has 0 amide bonds. The molecule has 0 saturated heterocycles. The smallest absolute Gasteiger partial charge is 0.0968 e. The highest BCUT2D eigenvalue weighted by molar-refractivity contribution is 5.82. The summed E-state index contributed by atoms with van der Waals surface area (Å²) in [6, 6.07) is 10.4. The Labute approximate surface area is 124 Å². The van der Waals surface area contributed by atoms with Crippen molar-refractivity contribution in [2.75, 3.05) is 6.54 Å². The van der Waals surface area contributed by atoms with Gasteiger partial charge in [-0.25, -0.2) is 0 Å². The van der Waals surface area contributed by atoms with Gasteiger partial charge in [0.15, 0.2) is 0 Å².